The lowest BCUT2D eigenvalue weighted by atomic mass is 9.99. The number of carbonyl (C=O) groups excluding carboxylic acids is 1. The minimum atomic E-state index is -0.859. The number of aliphatic carboxylic acids is 1. The predicted molar refractivity (Wildman–Crippen MR) is 91.9 cm³/mol. The molecular formula is C15H18N6O3S. The molecule has 1 aromatic heterocycles. The summed E-state index contributed by atoms with van der Waals surface area (Å²) in [5.74, 6) is -1.36. The summed E-state index contributed by atoms with van der Waals surface area (Å²) in [7, 11) is 0. The van der Waals surface area contributed by atoms with Crippen LogP contribution >= 0.6 is 11.8 Å². The van der Waals surface area contributed by atoms with Crippen LogP contribution in [0.3, 0.4) is 0 Å². The van der Waals surface area contributed by atoms with Crippen molar-refractivity contribution in [3.63, 3.8) is 0 Å². The number of carboxylic acids is 1. The van der Waals surface area contributed by atoms with Gasteiger partial charge in [0.25, 0.3) is 0 Å². The lowest BCUT2D eigenvalue weighted by Gasteiger charge is -2.30. The van der Waals surface area contributed by atoms with Crippen LogP contribution in [-0.4, -0.2) is 61.6 Å². The van der Waals surface area contributed by atoms with Crippen molar-refractivity contribution in [3.05, 3.63) is 24.3 Å². The second-order valence-corrected chi connectivity index (χ2v) is 6.45. The molecule has 2 heterocycles. The zero-order valence-corrected chi connectivity index (χ0v) is 14.4. The van der Waals surface area contributed by atoms with E-state index in [2.05, 4.69) is 20.8 Å². The Kier molecular flexibility index (Phi) is 5.17. The normalized spacial score (nSPS) is 17.3. The Morgan fingerprint density at radius 1 is 1.40 bits per heavy atom. The fourth-order valence-electron chi connectivity index (χ4n) is 2.75. The molecule has 0 radical (unpaired) electrons. The van der Waals surface area contributed by atoms with Gasteiger partial charge in [-0.25, -0.2) is 4.79 Å². The van der Waals surface area contributed by atoms with Gasteiger partial charge in [0.05, 0.1) is 11.6 Å². The summed E-state index contributed by atoms with van der Waals surface area (Å²) < 4.78 is 1.58. The maximum atomic E-state index is 12.4. The number of benzene rings is 1. The van der Waals surface area contributed by atoms with E-state index in [0.717, 1.165) is 5.69 Å². The Labute approximate surface area is 148 Å². The summed E-state index contributed by atoms with van der Waals surface area (Å²) in [5, 5.41) is 24.1. The molecule has 0 aliphatic carbocycles. The monoisotopic (exact) mass is 362 g/mol. The van der Waals surface area contributed by atoms with E-state index in [1.807, 2.05) is 12.3 Å². The van der Waals surface area contributed by atoms with Gasteiger partial charge in [0.1, 0.15) is 0 Å². The van der Waals surface area contributed by atoms with E-state index in [9.17, 15) is 9.59 Å². The third-order valence-corrected chi connectivity index (χ3v) is 4.64. The van der Waals surface area contributed by atoms with Crippen LogP contribution < -0.4 is 5.32 Å². The molecular weight excluding hydrogens is 344 g/mol. The average Bonchev–Trinajstić information content (AvgIpc) is 3.11. The molecule has 1 aliphatic heterocycles. The lowest BCUT2D eigenvalue weighted by Crippen LogP contribution is -2.44. The molecule has 0 spiro atoms. The van der Waals surface area contributed by atoms with Gasteiger partial charge < -0.3 is 15.3 Å². The third-order valence-electron chi connectivity index (χ3n) is 4.02. The lowest BCUT2D eigenvalue weighted by molar-refractivity contribution is -0.143. The van der Waals surface area contributed by atoms with Crippen LogP contribution in [0.1, 0.15) is 12.8 Å². The molecule has 1 unspecified atom stereocenters. The summed E-state index contributed by atoms with van der Waals surface area (Å²) >= 11 is 1.42. The van der Waals surface area contributed by atoms with E-state index in [1.165, 1.54) is 11.8 Å². The molecule has 132 valence electrons. The number of aromatic nitrogens is 4. The van der Waals surface area contributed by atoms with Crippen LogP contribution in [0.15, 0.2) is 29.4 Å². The number of thioether (sulfide) groups is 1. The highest BCUT2D eigenvalue weighted by atomic mass is 32.2. The molecule has 1 aromatic carbocycles. The second-order valence-electron chi connectivity index (χ2n) is 5.68. The van der Waals surface area contributed by atoms with Crippen LogP contribution in [0.2, 0.25) is 0 Å². The fourth-order valence-corrected chi connectivity index (χ4v) is 3.18. The number of likely N-dealkylation sites (tertiary alicyclic amines) is 1. The molecule has 25 heavy (non-hydrogen) atoms. The van der Waals surface area contributed by atoms with E-state index in [-0.39, 0.29) is 12.6 Å². The maximum absolute atomic E-state index is 12.4. The van der Waals surface area contributed by atoms with Crippen molar-refractivity contribution in [2.45, 2.75) is 18.0 Å². The Morgan fingerprint density at radius 2 is 2.24 bits per heavy atom. The average molecular weight is 362 g/mol. The fraction of sp³-hybridized carbons (Fsp3) is 0.400. The van der Waals surface area contributed by atoms with E-state index >= 15 is 0 Å². The number of hydrogen-bond donors (Lipinski definition) is 2. The van der Waals surface area contributed by atoms with E-state index in [0.29, 0.717) is 30.2 Å². The van der Waals surface area contributed by atoms with Crippen molar-refractivity contribution in [1.29, 1.82) is 0 Å². The SMILES string of the molecule is CSc1nnnn1-c1cccc(NC(=O)N2CCCC(C(=O)O)C2)c1. The van der Waals surface area contributed by atoms with Gasteiger partial charge in [0.15, 0.2) is 0 Å². The van der Waals surface area contributed by atoms with Crippen LogP contribution in [0.25, 0.3) is 5.69 Å². The largest absolute Gasteiger partial charge is 0.481 e. The predicted octanol–water partition coefficient (Wildman–Crippen LogP) is 1.71. The van der Waals surface area contributed by atoms with Gasteiger partial charge in [-0.2, -0.15) is 4.68 Å². The van der Waals surface area contributed by atoms with Crippen LogP contribution in [0.5, 0.6) is 0 Å². The number of hydrogen-bond acceptors (Lipinski definition) is 6. The molecule has 1 saturated heterocycles. The zero-order chi connectivity index (χ0) is 17.8. The zero-order valence-electron chi connectivity index (χ0n) is 13.6. The van der Waals surface area contributed by atoms with Gasteiger partial charge in [0, 0.05) is 18.8 Å². The van der Waals surface area contributed by atoms with Gasteiger partial charge in [-0.3, -0.25) is 4.79 Å². The first-order valence-electron chi connectivity index (χ1n) is 7.80. The minimum absolute atomic E-state index is 0.227. The minimum Gasteiger partial charge on any atom is -0.481 e. The Morgan fingerprint density at radius 3 is 3.00 bits per heavy atom. The van der Waals surface area contributed by atoms with Gasteiger partial charge in [-0.05, 0) is 47.7 Å². The van der Waals surface area contributed by atoms with Crippen molar-refractivity contribution in [1.82, 2.24) is 25.1 Å². The van der Waals surface area contributed by atoms with E-state index in [1.54, 1.807) is 27.8 Å². The third kappa shape index (κ3) is 3.90. The molecule has 10 heteroatoms. The highest BCUT2D eigenvalue weighted by molar-refractivity contribution is 7.98. The second kappa shape index (κ2) is 7.51. The molecule has 1 atom stereocenters. The molecule has 0 bridgehead atoms. The molecule has 2 N–H and O–H groups in total. The maximum Gasteiger partial charge on any atom is 0.321 e. The van der Waals surface area contributed by atoms with Gasteiger partial charge in [-0.1, -0.05) is 17.8 Å². The highest BCUT2D eigenvalue weighted by Gasteiger charge is 2.28. The molecule has 1 aliphatic rings. The van der Waals surface area contributed by atoms with Crippen molar-refractivity contribution < 1.29 is 14.7 Å². The van der Waals surface area contributed by atoms with E-state index < -0.39 is 11.9 Å². The number of rotatable bonds is 4. The number of piperidine rings is 1. The number of nitrogens with zero attached hydrogens (tertiary/aromatic N) is 5. The molecule has 3 rings (SSSR count). The Balaban J connectivity index is 1.72. The van der Waals surface area contributed by atoms with Crippen LogP contribution in [0, 0.1) is 5.92 Å². The molecule has 1 fully saturated rings. The number of carboxylic acid groups (broad SMARTS) is 1. The first-order chi connectivity index (χ1) is 12.1. The van der Waals surface area contributed by atoms with E-state index in [4.69, 9.17) is 5.11 Å². The number of nitrogens with one attached hydrogen (secondary N) is 1. The van der Waals surface area contributed by atoms with Crippen molar-refractivity contribution in [3.8, 4) is 5.69 Å². The van der Waals surface area contributed by atoms with Gasteiger partial charge in [0.2, 0.25) is 5.16 Å². The molecule has 2 amide bonds. The van der Waals surface area contributed by atoms with Gasteiger partial charge in [-0.15, -0.1) is 5.10 Å². The number of anilines is 1. The topological polar surface area (TPSA) is 113 Å². The molecule has 9 nitrogen and oxygen atoms in total. The number of carbonyl (C=O) groups is 2. The Hall–Kier alpha value is -2.62. The van der Waals surface area contributed by atoms with Crippen LogP contribution in [-0.2, 0) is 4.79 Å². The standard InChI is InChI=1S/C15H18N6O3S/c1-25-15-17-18-19-21(15)12-6-2-5-11(8-12)16-14(24)20-7-3-4-10(9-20)13(22)23/h2,5-6,8,10H,3-4,7,9H2,1H3,(H,16,24)(H,22,23). The van der Waals surface area contributed by atoms with Crippen LogP contribution in [0.4, 0.5) is 10.5 Å². The first kappa shape index (κ1) is 17.2. The molecule has 0 saturated carbocycles. The van der Waals surface area contributed by atoms with Crippen molar-refractivity contribution in [2.75, 3.05) is 24.7 Å². The van der Waals surface area contributed by atoms with Crippen molar-refractivity contribution >= 4 is 29.4 Å². The quantitative estimate of drug-likeness (QED) is 0.796. The van der Waals surface area contributed by atoms with Gasteiger partial charge >= 0.3 is 12.0 Å². The number of tetrazole rings is 1. The first-order valence-corrected chi connectivity index (χ1v) is 9.02. The Bertz CT molecular complexity index is 780. The summed E-state index contributed by atoms with van der Waals surface area (Å²) in [6.45, 7) is 0.781. The number of amides is 2. The summed E-state index contributed by atoms with van der Waals surface area (Å²) in [6.07, 6.45) is 3.17. The summed E-state index contributed by atoms with van der Waals surface area (Å²) in [5.41, 5.74) is 1.33. The smallest absolute Gasteiger partial charge is 0.321 e. The summed E-state index contributed by atoms with van der Waals surface area (Å²) in [4.78, 5) is 25.1. The highest BCUT2D eigenvalue weighted by Crippen LogP contribution is 2.21. The summed E-state index contributed by atoms with van der Waals surface area (Å²) in [6, 6.07) is 6.88. The molecule has 2 aromatic rings. The van der Waals surface area contributed by atoms with Crippen molar-refractivity contribution in [2.24, 2.45) is 5.92 Å². The number of urea groups is 1.